The number of hydrogen-bond acceptors (Lipinski definition) is 4. The summed E-state index contributed by atoms with van der Waals surface area (Å²) in [4.78, 5) is 7.06. The van der Waals surface area contributed by atoms with E-state index >= 15 is 0 Å². The van der Waals surface area contributed by atoms with Gasteiger partial charge in [0, 0.05) is 32.7 Å². The highest BCUT2D eigenvalue weighted by molar-refractivity contribution is 7.07. The second kappa shape index (κ2) is 10.4. The number of aliphatic hydroxyl groups excluding tert-OH is 1. The van der Waals surface area contributed by atoms with Crippen LogP contribution < -0.4 is 10.6 Å². The predicted octanol–water partition coefficient (Wildman–Crippen LogP) is 2.96. The van der Waals surface area contributed by atoms with Crippen LogP contribution in [0.2, 0.25) is 0 Å². The Hall–Kier alpha value is -1.89. The molecule has 0 unspecified atom stereocenters. The average molecular weight is 387 g/mol. The zero-order valence-electron chi connectivity index (χ0n) is 16.0. The van der Waals surface area contributed by atoms with Crippen molar-refractivity contribution in [1.29, 1.82) is 0 Å². The molecule has 27 heavy (non-hydrogen) atoms. The Morgan fingerprint density at radius 3 is 2.52 bits per heavy atom. The van der Waals surface area contributed by atoms with Gasteiger partial charge in [0.2, 0.25) is 0 Å². The molecule has 1 aromatic carbocycles. The second-order valence-corrected chi connectivity index (χ2v) is 7.78. The largest absolute Gasteiger partial charge is 0.393 e. The van der Waals surface area contributed by atoms with E-state index in [1.54, 1.807) is 11.3 Å². The Balaban J connectivity index is 1.48. The van der Waals surface area contributed by atoms with Crippen LogP contribution in [-0.4, -0.2) is 41.7 Å². The molecule has 0 aliphatic carbocycles. The molecule has 6 heteroatoms. The molecule has 3 rings (SSSR count). The highest BCUT2D eigenvalue weighted by atomic mass is 32.1. The van der Waals surface area contributed by atoms with Gasteiger partial charge in [0.25, 0.3) is 0 Å². The van der Waals surface area contributed by atoms with Gasteiger partial charge in [-0.05, 0) is 53.3 Å². The van der Waals surface area contributed by atoms with Crippen LogP contribution in [0.15, 0.2) is 46.1 Å². The van der Waals surface area contributed by atoms with E-state index in [0.29, 0.717) is 6.54 Å². The van der Waals surface area contributed by atoms with E-state index in [-0.39, 0.29) is 6.10 Å². The van der Waals surface area contributed by atoms with E-state index < -0.39 is 0 Å². The minimum atomic E-state index is -0.109. The number of hydrogen-bond donors (Lipinski definition) is 3. The van der Waals surface area contributed by atoms with E-state index in [9.17, 15) is 5.11 Å². The number of nitrogens with zero attached hydrogens (tertiary/aromatic N) is 2. The van der Waals surface area contributed by atoms with E-state index in [0.717, 1.165) is 51.5 Å². The smallest absolute Gasteiger partial charge is 0.191 e. The van der Waals surface area contributed by atoms with Crippen molar-refractivity contribution in [2.45, 2.75) is 45.5 Å². The third kappa shape index (κ3) is 6.65. The van der Waals surface area contributed by atoms with E-state index in [1.807, 2.05) is 0 Å². The first-order valence-corrected chi connectivity index (χ1v) is 10.7. The summed E-state index contributed by atoms with van der Waals surface area (Å²) in [7, 11) is 0. The monoisotopic (exact) mass is 386 g/mol. The topological polar surface area (TPSA) is 59.9 Å². The van der Waals surface area contributed by atoms with Crippen molar-refractivity contribution >= 4 is 17.3 Å². The van der Waals surface area contributed by atoms with Crippen LogP contribution in [0.4, 0.5) is 0 Å². The van der Waals surface area contributed by atoms with Crippen LogP contribution in [-0.2, 0) is 19.6 Å². The molecule has 1 fully saturated rings. The molecule has 0 radical (unpaired) electrons. The standard InChI is InChI=1S/C21H30N4OS/c1-2-22-21(24-14-19-9-12-27-16-19)23-13-17-3-5-18(6-4-17)15-25-10-7-20(26)8-11-25/h3-6,9,12,16,20,26H,2,7-8,10-11,13-15H2,1H3,(H2,22,23,24). The molecule has 2 heterocycles. The van der Waals surface area contributed by atoms with E-state index in [4.69, 9.17) is 0 Å². The minimum Gasteiger partial charge on any atom is -0.393 e. The third-order valence-electron chi connectivity index (χ3n) is 4.79. The number of nitrogens with one attached hydrogen (secondary N) is 2. The van der Waals surface area contributed by atoms with Crippen LogP contribution in [0, 0.1) is 0 Å². The first-order chi connectivity index (χ1) is 13.2. The lowest BCUT2D eigenvalue weighted by Crippen LogP contribution is -2.36. The fourth-order valence-corrected chi connectivity index (χ4v) is 3.84. The predicted molar refractivity (Wildman–Crippen MR) is 113 cm³/mol. The Kier molecular flexibility index (Phi) is 7.68. The van der Waals surface area contributed by atoms with Crippen LogP contribution in [0.3, 0.4) is 0 Å². The summed E-state index contributed by atoms with van der Waals surface area (Å²) < 4.78 is 0. The summed E-state index contributed by atoms with van der Waals surface area (Å²) in [5.41, 5.74) is 3.81. The molecule has 5 nitrogen and oxygen atoms in total. The zero-order valence-corrected chi connectivity index (χ0v) is 16.8. The van der Waals surface area contributed by atoms with Crippen molar-refractivity contribution in [3.8, 4) is 0 Å². The highest BCUT2D eigenvalue weighted by Crippen LogP contribution is 2.14. The molecule has 0 saturated carbocycles. The summed E-state index contributed by atoms with van der Waals surface area (Å²) >= 11 is 1.70. The fraction of sp³-hybridized carbons (Fsp3) is 0.476. The average Bonchev–Trinajstić information content (AvgIpc) is 3.21. The lowest BCUT2D eigenvalue weighted by atomic mass is 10.1. The molecule has 3 N–H and O–H groups in total. The molecule has 0 atom stereocenters. The van der Waals surface area contributed by atoms with Crippen LogP contribution in [0.25, 0.3) is 0 Å². The second-order valence-electron chi connectivity index (χ2n) is 7.00. The number of thiophene rings is 1. The van der Waals surface area contributed by atoms with Crippen molar-refractivity contribution in [2.24, 2.45) is 4.99 Å². The molecular formula is C21H30N4OS. The summed E-state index contributed by atoms with van der Waals surface area (Å²) in [6.07, 6.45) is 1.67. The molecular weight excluding hydrogens is 356 g/mol. The molecule has 0 amide bonds. The highest BCUT2D eigenvalue weighted by Gasteiger charge is 2.16. The van der Waals surface area contributed by atoms with E-state index in [1.165, 1.54) is 16.7 Å². The van der Waals surface area contributed by atoms with Gasteiger partial charge >= 0.3 is 0 Å². The van der Waals surface area contributed by atoms with E-state index in [2.05, 4.69) is 68.5 Å². The number of piperidine rings is 1. The van der Waals surface area contributed by atoms with Gasteiger partial charge in [0.1, 0.15) is 0 Å². The molecule has 1 aromatic heterocycles. The number of guanidine groups is 1. The normalized spacial score (nSPS) is 16.4. The Morgan fingerprint density at radius 2 is 1.85 bits per heavy atom. The van der Waals surface area contributed by atoms with Gasteiger partial charge in [0.15, 0.2) is 5.96 Å². The van der Waals surface area contributed by atoms with Crippen molar-refractivity contribution in [2.75, 3.05) is 19.6 Å². The Labute approximate surface area is 166 Å². The van der Waals surface area contributed by atoms with Gasteiger partial charge < -0.3 is 15.7 Å². The summed E-state index contributed by atoms with van der Waals surface area (Å²) in [5.74, 6) is 0.847. The molecule has 0 spiro atoms. The maximum absolute atomic E-state index is 9.62. The van der Waals surface area contributed by atoms with Crippen molar-refractivity contribution < 1.29 is 5.11 Å². The molecule has 1 saturated heterocycles. The van der Waals surface area contributed by atoms with Crippen LogP contribution in [0.1, 0.15) is 36.5 Å². The van der Waals surface area contributed by atoms with Crippen molar-refractivity contribution in [1.82, 2.24) is 15.5 Å². The van der Waals surface area contributed by atoms with Gasteiger partial charge in [-0.3, -0.25) is 4.90 Å². The summed E-state index contributed by atoms with van der Waals surface area (Å²) in [5, 5.41) is 20.5. The summed E-state index contributed by atoms with van der Waals surface area (Å²) in [6, 6.07) is 10.9. The third-order valence-corrected chi connectivity index (χ3v) is 5.52. The van der Waals surface area contributed by atoms with Gasteiger partial charge in [-0.15, -0.1) is 0 Å². The summed E-state index contributed by atoms with van der Waals surface area (Å²) in [6.45, 7) is 7.31. The van der Waals surface area contributed by atoms with Crippen molar-refractivity contribution in [3.05, 3.63) is 57.8 Å². The fourth-order valence-electron chi connectivity index (χ4n) is 3.18. The lowest BCUT2D eigenvalue weighted by Gasteiger charge is -2.29. The number of likely N-dealkylation sites (tertiary alicyclic amines) is 1. The Morgan fingerprint density at radius 1 is 1.11 bits per heavy atom. The zero-order chi connectivity index (χ0) is 18.9. The maximum Gasteiger partial charge on any atom is 0.191 e. The van der Waals surface area contributed by atoms with Gasteiger partial charge in [-0.2, -0.15) is 11.3 Å². The molecule has 0 bridgehead atoms. The van der Waals surface area contributed by atoms with Crippen LogP contribution in [0.5, 0.6) is 0 Å². The quantitative estimate of drug-likeness (QED) is 0.506. The molecule has 146 valence electrons. The minimum absolute atomic E-state index is 0.109. The van der Waals surface area contributed by atoms with Crippen molar-refractivity contribution in [3.63, 3.8) is 0 Å². The van der Waals surface area contributed by atoms with Gasteiger partial charge in [-0.25, -0.2) is 4.99 Å². The number of benzene rings is 1. The first-order valence-electron chi connectivity index (χ1n) is 9.74. The molecule has 2 aromatic rings. The number of aliphatic imine (C=N–C) groups is 1. The van der Waals surface area contributed by atoms with Gasteiger partial charge in [-0.1, -0.05) is 24.3 Å². The molecule has 1 aliphatic heterocycles. The maximum atomic E-state index is 9.62. The lowest BCUT2D eigenvalue weighted by molar-refractivity contribution is 0.0792. The molecule has 1 aliphatic rings. The number of rotatable bonds is 7. The SMILES string of the molecule is CCNC(=NCc1ccsc1)NCc1ccc(CN2CCC(O)CC2)cc1. The Bertz CT molecular complexity index is 691. The van der Waals surface area contributed by atoms with Crippen LogP contribution >= 0.6 is 11.3 Å². The number of aliphatic hydroxyl groups is 1. The van der Waals surface area contributed by atoms with Gasteiger partial charge in [0.05, 0.1) is 12.6 Å². The first kappa shape index (κ1) is 19.9.